The molecule has 2 heterocycles. The first-order valence-corrected chi connectivity index (χ1v) is 6.86. The van der Waals surface area contributed by atoms with Crippen LogP contribution in [-0.4, -0.2) is 48.9 Å². The number of anilines is 2. The van der Waals surface area contributed by atoms with Crippen LogP contribution in [0.5, 0.6) is 0 Å². The summed E-state index contributed by atoms with van der Waals surface area (Å²) in [5, 5.41) is 17.2. The zero-order valence-corrected chi connectivity index (χ0v) is 12.2. The Labute approximate surface area is 123 Å². The van der Waals surface area contributed by atoms with Crippen molar-refractivity contribution in [2.45, 2.75) is 18.9 Å². The van der Waals surface area contributed by atoms with Crippen molar-refractivity contribution in [2.75, 3.05) is 44.0 Å². The van der Waals surface area contributed by atoms with Crippen LogP contribution >= 0.6 is 0 Å². The van der Waals surface area contributed by atoms with Gasteiger partial charge in [0.25, 0.3) is 0 Å². The van der Waals surface area contributed by atoms with Crippen molar-refractivity contribution < 1.29 is 14.4 Å². The van der Waals surface area contributed by atoms with Gasteiger partial charge in [0.2, 0.25) is 5.82 Å². The maximum absolute atomic E-state index is 11.1. The highest BCUT2D eigenvalue weighted by molar-refractivity contribution is 5.60. The van der Waals surface area contributed by atoms with Gasteiger partial charge in [-0.2, -0.15) is 0 Å². The Kier molecular flexibility index (Phi) is 4.92. The first-order valence-electron chi connectivity index (χ1n) is 6.86. The molecule has 0 spiro atoms. The van der Waals surface area contributed by atoms with Gasteiger partial charge in [-0.1, -0.05) is 0 Å². The Hall–Kier alpha value is -1.93. The molecular formula is C13H20N4O4. The second kappa shape index (κ2) is 6.68. The average molecular weight is 296 g/mol. The highest BCUT2D eigenvalue weighted by Gasteiger charge is 2.35. The van der Waals surface area contributed by atoms with Gasteiger partial charge in [-0.15, -0.1) is 0 Å². The molecule has 1 atom stereocenters. The van der Waals surface area contributed by atoms with E-state index < -0.39 is 10.5 Å². The first-order chi connectivity index (χ1) is 10.1. The van der Waals surface area contributed by atoms with Gasteiger partial charge in [0.15, 0.2) is 0 Å². The lowest BCUT2D eigenvalue weighted by atomic mass is 10.0. The minimum absolute atomic E-state index is 0.0539. The van der Waals surface area contributed by atoms with Crippen LogP contribution in [-0.2, 0) is 9.47 Å². The molecule has 0 saturated carbocycles. The monoisotopic (exact) mass is 296 g/mol. The van der Waals surface area contributed by atoms with Crippen molar-refractivity contribution in [1.82, 2.24) is 4.98 Å². The molecule has 8 nitrogen and oxygen atoms in total. The smallest absolute Gasteiger partial charge is 0.311 e. The molecule has 1 aliphatic heterocycles. The highest BCUT2D eigenvalue weighted by atomic mass is 16.6. The molecule has 2 rings (SSSR count). The van der Waals surface area contributed by atoms with E-state index in [0.29, 0.717) is 32.1 Å². The van der Waals surface area contributed by atoms with Crippen molar-refractivity contribution in [3.05, 3.63) is 22.2 Å². The fourth-order valence-corrected chi connectivity index (χ4v) is 2.21. The summed E-state index contributed by atoms with van der Waals surface area (Å²) in [6.45, 7) is 4.14. The summed E-state index contributed by atoms with van der Waals surface area (Å²) in [7, 11) is 1.62. The molecule has 1 aromatic rings. The second-order valence-corrected chi connectivity index (χ2v) is 4.89. The number of nitrogens with zero attached hydrogens (tertiary/aromatic N) is 2. The van der Waals surface area contributed by atoms with E-state index in [1.807, 2.05) is 6.92 Å². The fourth-order valence-electron chi connectivity index (χ4n) is 2.21. The molecule has 1 saturated heterocycles. The number of ether oxygens (including phenoxy) is 2. The SMILES string of the molecule is CCNc1ccc([N+](=O)[O-])c(NCC2(OC)CCOC2)n1. The molecule has 1 unspecified atom stereocenters. The molecular weight excluding hydrogens is 276 g/mol. The van der Waals surface area contributed by atoms with Crippen molar-refractivity contribution in [3.63, 3.8) is 0 Å². The minimum Gasteiger partial charge on any atom is -0.378 e. The lowest BCUT2D eigenvalue weighted by molar-refractivity contribution is -0.384. The van der Waals surface area contributed by atoms with Crippen LogP contribution in [0.3, 0.4) is 0 Å². The zero-order valence-electron chi connectivity index (χ0n) is 12.2. The van der Waals surface area contributed by atoms with Gasteiger partial charge in [0.05, 0.1) is 11.5 Å². The number of pyridine rings is 1. The number of aromatic nitrogens is 1. The van der Waals surface area contributed by atoms with E-state index in [2.05, 4.69) is 15.6 Å². The molecule has 21 heavy (non-hydrogen) atoms. The number of rotatable bonds is 7. The highest BCUT2D eigenvalue weighted by Crippen LogP contribution is 2.27. The van der Waals surface area contributed by atoms with E-state index >= 15 is 0 Å². The molecule has 0 amide bonds. The van der Waals surface area contributed by atoms with Crippen LogP contribution in [0, 0.1) is 10.1 Å². The number of methoxy groups -OCH3 is 1. The van der Waals surface area contributed by atoms with Crippen molar-refractivity contribution in [1.29, 1.82) is 0 Å². The Morgan fingerprint density at radius 2 is 2.33 bits per heavy atom. The molecule has 1 aromatic heterocycles. The Morgan fingerprint density at radius 1 is 1.52 bits per heavy atom. The summed E-state index contributed by atoms with van der Waals surface area (Å²) in [6, 6.07) is 3.04. The van der Waals surface area contributed by atoms with Gasteiger partial charge in [0, 0.05) is 39.3 Å². The first kappa shape index (κ1) is 15.5. The number of nitro groups is 1. The third-order valence-electron chi connectivity index (χ3n) is 3.51. The quantitative estimate of drug-likeness (QED) is 0.583. The zero-order chi connectivity index (χ0) is 15.3. The third kappa shape index (κ3) is 3.59. The van der Waals surface area contributed by atoms with Gasteiger partial charge < -0.3 is 20.1 Å². The Bertz CT molecular complexity index is 503. The van der Waals surface area contributed by atoms with Crippen LogP contribution in [0.25, 0.3) is 0 Å². The van der Waals surface area contributed by atoms with Gasteiger partial charge >= 0.3 is 5.69 Å². The maximum atomic E-state index is 11.1. The predicted octanol–water partition coefficient (Wildman–Crippen LogP) is 1.64. The molecule has 0 aliphatic carbocycles. The van der Waals surface area contributed by atoms with E-state index in [1.54, 1.807) is 13.2 Å². The molecule has 1 aliphatic rings. The summed E-state index contributed by atoms with van der Waals surface area (Å²) < 4.78 is 10.8. The lowest BCUT2D eigenvalue weighted by Gasteiger charge is -2.26. The van der Waals surface area contributed by atoms with Gasteiger partial charge in [-0.3, -0.25) is 10.1 Å². The second-order valence-electron chi connectivity index (χ2n) is 4.89. The van der Waals surface area contributed by atoms with E-state index in [1.165, 1.54) is 6.07 Å². The van der Waals surface area contributed by atoms with Gasteiger partial charge in [-0.25, -0.2) is 4.98 Å². The summed E-state index contributed by atoms with van der Waals surface area (Å²) in [6.07, 6.45) is 0.747. The average Bonchev–Trinajstić information content (AvgIpc) is 2.95. The van der Waals surface area contributed by atoms with Crippen LogP contribution < -0.4 is 10.6 Å². The standard InChI is InChI=1S/C13H20N4O4/c1-3-14-11-5-4-10(17(18)19)12(16-11)15-8-13(20-2)6-7-21-9-13/h4-5H,3,6-9H2,1-2H3,(H2,14,15,16). The molecule has 0 radical (unpaired) electrons. The van der Waals surface area contributed by atoms with Crippen LogP contribution in [0.4, 0.5) is 17.3 Å². The number of hydrogen-bond donors (Lipinski definition) is 2. The summed E-state index contributed by atoms with van der Waals surface area (Å²) in [5.41, 5.74) is -0.508. The van der Waals surface area contributed by atoms with E-state index in [-0.39, 0.29) is 11.5 Å². The summed E-state index contributed by atoms with van der Waals surface area (Å²) in [4.78, 5) is 14.9. The molecule has 2 N–H and O–H groups in total. The summed E-state index contributed by atoms with van der Waals surface area (Å²) >= 11 is 0. The van der Waals surface area contributed by atoms with Crippen LogP contribution in [0.2, 0.25) is 0 Å². The fraction of sp³-hybridized carbons (Fsp3) is 0.615. The Balaban J connectivity index is 2.16. The number of nitrogens with one attached hydrogen (secondary N) is 2. The maximum Gasteiger partial charge on any atom is 0.311 e. The van der Waals surface area contributed by atoms with Crippen LogP contribution in [0.1, 0.15) is 13.3 Å². The minimum atomic E-state index is -0.455. The topological polar surface area (TPSA) is 98.6 Å². The molecule has 1 fully saturated rings. The van der Waals surface area contributed by atoms with Crippen molar-refractivity contribution in [3.8, 4) is 0 Å². The van der Waals surface area contributed by atoms with Crippen molar-refractivity contribution in [2.24, 2.45) is 0 Å². The number of hydrogen-bond acceptors (Lipinski definition) is 7. The third-order valence-corrected chi connectivity index (χ3v) is 3.51. The molecule has 0 bridgehead atoms. The van der Waals surface area contributed by atoms with E-state index in [0.717, 1.165) is 6.42 Å². The Morgan fingerprint density at radius 3 is 2.90 bits per heavy atom. The predicted molar refractivity (Wildman–Crippen MR) is 78.7 cm³/mol. The van der Waals surface area contributed by atoms with Gasteiger partial charge in [0.1, 0.15) is 11.4 Å². The molecule has 8 heteroatoms. The lowest BCUT2D eigenvalue weighted by Crippen LogP contribution is -2.39. The largest absolute Gasteiger partial charge is 0.378 e. The van der Waals surface area contributed by atoms with Crippen molar-refractivity contribution >= 4 is 17.3 Å². The summed E-state index contributed by atoms with van der Waals surface area (Å²) in [5.74, 6) is 0.835. The van der Waals surface area contributed by atoms with Crippen LogP contribution in [0.15, 0.2) is 12.1 Å². The normalized spacial score (nSPS) is 21.2. The molecule has 116 valence electrons. The van der Waals surface area contributed by atoms with Gasteiger partial charge in [-0.05, 0) is 13.0 Å². The van der Waals surface area contributed by atoms with E-state index in [4.69, 9.17) is 9.47 Å². The molecule has 0 aromatic carbocycles. The van der Waals surface area contributed by atoms with E-state index in [9.17, 15) is 10.1 Å².